The largest absolute Gasteiger partial charge is 0.158 e. The van der Waals surface area contributed by atoms with Gasteiger partial charge in [0.05, 0.1) is 0 Å². The molecule has 64 valence electrons. The summed E-state index contributed by atoms with van der Waals surface area (Å²) >= 11 is 1.94. The second-order valence-corrected chi connectivity index (χ2v) is 3.79. The standard InChI is InChI=1S/C11H14S/c1-2-12-10-6-9-11-7-4-3-5-8-11/h3-9H,2,10H2,1H3/b9-6-. The molecule has 0 nitrogen and oxygen atoms in total. The first-order chi connectivity index (χ1) is 5.93. The summed E-state index contributed by atoms with van der Waals surface area (Å²) in [6.45, 7) is 2.18. The number of thioether (sulfide) groups is 1. The van der Waals surface area contributed by atoms with Crippen molar-refractivity contribution in [2.24, 2.45) is 0 Å². The molecule has 1 aromatic rings. The summed E-state index contributed by atoms with van der Waals surface area (Å²) in [5.41, 5.74) is 1.29. The summed E-state index contributed by atoms with van der Waals surface area (Å²) in [7, 11) is 0. The fourth-order valence-corrected chi connectivity index (χ4v) is 1.40. The van der Waals surface area contributed by atoms with Crippen molar-refractivity contribution < 1.29 is 0 Å². The zero-order valence-corrected chi connectivity index (χ0v) is 8.18. The van der Waals surface area contributed by atoms with Crippen LogP contribution in [0.4, 0.5) is 0 Å². The van der Waals surface area contributed by atoms with E-state index in [9.17, 15) is 0 Å². The molecule has 0 aliphatic rings. The number of benzene rings is 1. The van der Waals surface area contributed by atoms with Crippen molar-refractivity contribution in [1.29, 1.82) is 0 Å². The van der Waals surface area contributed by atoms with Crippen molar-refractivity contribution in [3.8, 4) is 0 Å². The maximum atomic E-state index is 2.21. The SMILES string of the molecule is CCSC/C=C\c1ccccc1. The molecule has 0 saturated carbocycles. The average molecular weight is 178 g/mol. The first-order valence-corrected chi connectivity index (χ1v) is 5.38. The summed E-state index contributed by atoms with van der Waals surface area (Å²) in [4.78, 5) is 0. The minimum atomic E-state index is 1.12. The molecule has 0 bridgehead atoms. The van der Waals surface area contributed by atoms with Crippen LogP contribution in [0.3, 0.4) is 0 Å². The Bertz CT molecular complexity index is 226. The van der Waals surface area contributed by atoms with E-state index < -0.39 is 0 Å². The van der Waals surface area contributed by atoms with Gasteiger partial charge in [0.1, 0.15) is 0 Å². The lowest BCUT2D eigenvalue weighted by Crippen LogP contribution is -1.73. The molecule has 0 N–H and O–H groups in total. The zero-order chi connectivity index (χ0) is 8.65. The van der Waals surface area contributed by atoms with Gasteiger partial charge in [-0.25, -0.2) is 0 Å². The van der Waals surface area contributed by atoms with Crippen LogP contribution in [-0.4, -0.2) is 11.5 Å². The Kier molecular flexibility index (Phi) is 4.62. The van der Waals surface area contributed by atoms with Gasteiger partial charge < -0.3 is 0 Å². The van der Waals surface area contributed by atoms with E-state index in [0.29, 0.717) is 0 Å². The van der Waals surface area contributed by atoms with Gasteiger partial charge in [0.25, 0.3) is 0 Å². The Hall–Kier alpha value is -0.690. The van der Waals surface area contributed by atoms with E-state index in [1.165, 1.54) is 11.3 Å². The first kappa shape index (κ1) is 9.40. The molecule has 1 rings (SSSR count). The van der Waals surface area contributed by atoms with E-state index in [0.717, 1.165) is 5.75 Å². The monoisotopic (exact) mass is 178 g/mol. The van der Waals surface area contributed by atoms with E-state index in [2.05, 4.69) is 43.3 Å². The molecule has 0 radical (unpaired) electrons. The summed E-state index contributed by atoms with van der Waals surface area (Å²) in [6, 6.07) is 10.4. The molecular formula is C11H14S. The summed E-state index contributed by atoms with van der Waals surface area (Å²) in [6.07, 6.45) is 4.38. The highest BCUT2D eigenvalue weighted by Crippen LogP contribution is 2.03. The van der Waals surface area contributed by atoms with Crippen LogP contribution in [0.5, 0.6) is 0 Å². The van der Waals surface area contributed by atoms with Crippen molar-refractivity contribution in [3.63, 3.8) is 0 Å². The van der Waals surface area contributed by atoms with E-state index in [4.69, 9.17) is 0 Å². The molecule has 0 amide bonds. The summed E-state index contributed by atoms with van der Waals surface area (Å²) in [5, 5.41) is 0. The third-order valence-corrected chi connectivity index (χ3v) is 2.36. The quantitative estimate of drug-likeness (QED) is 0.636. The lowest BCUT2D eigenvalue weighted by atomic mass is 10.2. The summed E-state index contributed by atoms with van der Waals surface area (Å²) in [5.74, 6) is 2.31. The normalized spacial score (nSPS) is 10.8. The molecule has 0 aliphatic heterocycles. The van der Waals surface area contributed by atoms with Crippen LogP contribution >= 0.6 is 11.8 Å². The third kappa shape index (κ3) is 3.63. The molecule has 0 atom stereocenters. The fraction of sp³-hybridized carbons (Fsp3) is 0.273. The first-order valence-electron chi connectivity index (χ1n) is 4.23. The van der Waals surface area contributed by atoms with E-state index in [1.54, 1.807) is 0 Å². The highest BCUT2D eigenvalue weighted by molar-refractivity contribution is 7.99. The van der Waals surface area contributed by atoms with Gasteiger partial charge >= 0.3 is 0 Å². The van der Waals surface area contributed by atoms with E-state index in [-0.39, 0.29) is 0 Å². The Labute approximate surface area is 78.7 Å². The smallest absolute Gasteiger partial charge is 0.0116 e. The van der Waals surface area contributed by atoms with Crippen LogP contribution in [0.2, 0.25) is 0 Å². The third-order valence-electron chi connectivity index (χ3n) is 1.53. The molecule has 0 heterocycles. The van der Waals surface area contributed by atoms with Crippen molar-refractivity contribution in [1.82, 2.24) is 0 Å². The summed E-state index contributed by atoms with van der Waals surface area (Å²) < 4.78 is 0. The van der Waals surface area contributed by atoms with Gasteiger partial charge in [-0.3, -0.25) is 0 Å². The molecule has 1 heteroatoms. The molecule has 0 unspecified atom stereocenters. The number of hydrogen-bond acceptors (Lipinski definition) is 1. The van der Waals surface area contributed by atoms with E-state index >= 15 is 0 Å². The minimum absolute atomic E-state index is 1.12. The molecule has 0 aromatic heterocycles. The van der Waals surface area contributed by atoms with Crippen molar-refractivity contribution in [2.75, 3.05) is 11.5 Å². The predicted molar refractivity (Wildman–Crippen MR) is 58.5 cm³/mol. The van der Waals surface area contributed by atoms with Crippen molar-refractivity contribution >= 4 is 17.8 Å². The number of rotatable bonds is 4. The molecule has 1 aromatic carbocycles. The fourth-order valence-electron chi connectivity index (χ4n) is 0.934. The molecule has 0 saturated heterocycles. The molecular weight excluding hydrogens is 164 g/mol. The Morgan fingerprint density at radius 3 is 2.67 bits per heavy atom. The van der Waals surface area contributed by atoms with Crippen LogP contribution in [0.1, 0.15) is 12.5 Å². The van der Waals surface area contributed by atoms with Crippen molar-refractivity contribution in [3.05, 3.63) is 42.0 Å². The average Bonchev–Trinajstić information content (AvgIpc) is 2.14. The van der Waals surface area contributed by atoms with Crippen LogP contribution in [0.15, 0.2) is 36.4 Å². The second kappa shape index (κ2) is 5.90. The van der Waals surface area contributed by atoms with Gasteiger partial charge in [-0.1, -0.05) is 49.4 Å². The van der Waals surface area contributed by atoms with Gasteiger partial charge in [0.2, 0.25) is 0 Å². The second-order valence-electron chi connectivity index (χ2n) is 2.47. The van der Waals surface area contributed by atoms with Gasteiger partial charge in [-0.2, -0.15) is 11.8 Å². The Balaban J connectivity index is 2.36. The Morgan fingerprint density at radius 1 is 1.25 bits per heavy atom. The van der Waals surface area contributed by atoms with Gasteiger partial charge in [-0.15, -0.1) is 0 Å². The van der Waals surface area contributed by atoms with Crippen LogP contribution in [0, 0.1) is 0 Å². The van der Waals surface area contributed by atoms with Crippen LogP contribution in [0.25, 0.3) is 6.08 Å². The van der Waals surface area contributed by atoms with Gasteiger partial charge in [0.15, 0.2) is 0 Å². The topological polar surface area (TPSA) is 0 Å². The van der Waals surface area contributed by atoms with Gasteiger partial charge in [0, 0.05) is 5.75 Å². The molecule has 0 fully saturated rings. The molecule has 0 spiro atoms. The van der Waals surface area contributed by atoms with E-state index in [1.807, 2.05) is 17.8 Å². The van der Waals surface area contributed by atoms with Crippen LogP contribution in [-0.2, 0) is 0 Å². The van der Waals surface area contributed by atoms with Crippen molar-refractivity contribution in [2.45, 2.75) is 6.92 Å². The van der Waals surface area contributed by atoms with Gasteiger partial charge in [-0.05, 0) is 11.3 Å². The highest BCUT2D eigenvalue weighted by atomic mass is 32.2. The lowest BCUT2D eigenvalue weighted by Gasteiger charge is -1.91. The predicted octanol–water partition coefficient (Wildman–Crippen LogP) is 3.45. The minimum Gasteiger partial charge on any atom is -0.158 e. The molecule has 0 aliphatic carbocycles. The highest BCUT2D eigenvalue weighted by Gasteiger charge is 1.81. The maximum absolute atomic E-state index is 2.21. The maximum Gasteiger partial charge on any atom is 0.0116 e. The molecule has 12 heavy (non-hydrogen) atoms. The van der Waals surface area contributed by atoms with Crippen LogP contribution < -0.4 is 0 Å². The Morgan fingerprint density at radius 2 is 2.00 bits per heavy atom. The zero-order valence-electron chi connectivity index (χ0n) is 7.36. The lowest BCUT2D eigenvalue weighted by molar-refractivity contribution is 1.52. The number of hydrogen-bond donors (Lipinski definition) is 0.